The van der Waals surface area contributed by atoms with Crippen molar-refractivity contribution in [3.05, 3.63) is 65.3 Å². The van der Waals surface area contributed by atoms with Crippen molar-refractivity contribution in [2.45, 2.75) is 11.8 Å². The minimum Gasteiger partial charge on any atom is -0.297 e. The normalized spacial score (nSPS) is 11.9. The third-order valence-electron chi connectivity index (χ3n) is 4.74. The van der Waals surface area contributed by atoms with Crippen LogP contribution in [-0.4, -0.2) is 28.7 Å². The van der Waals surface area contributed by atoms with E-state index in [4.69, 9.17) is 5.14 Å². The number of primary sulfonamides is 1. The molecular weight excluding hydrogens is 454 g/mol. The van der Waals surface area contributed by atoms with E-state index < -0.39 is 10.0 Å². The SMILES string of the molecule is Cc1c(C(=O)Nc2nc3ccc(S(N)(=O)=O)cc3s2)sc2nc(-c3ccccc3)cn12. The van der Waals surface area contributed by atoms with Gasteiger partial charge < -0.3 is 0 Å². The number of rotatable bonds is 4. The predicted molar refractivity (Wildman–Crippen MR) is 122 cm³/mol. The molecular formula is C20H15N5O3S3. The smallest absolute Gasteiger partial charge is 0.269 e. The number of sulfonamides is 1. The lowest BCUT2D eigenvalue weighted by Gasteiger charge is -2.00. The number of hydrogen-bond acceptors (Lipinski definition) is 7. The molecule has 0 spiro atoms. The van der Waals surface area contributed by atoms with E-state index in [1.807, 2.05) is 47.9 Å². The van der Waals surface area contributed by atoms with E-state index >= 15 is 0 Å². The number of hydrogen-bond donors (Lipinski definition) is 2. The van der Waals surface area contributed by atoms with Crippen molar-refractivity contribution >= 4 is 58.9 Å². The number of carbonyl (C=O) groups excluding carboxylic acids is 1. The van der Waals surface area contributed by atoms with Gasteiger partial charge in [-0.3, -0.25) is 14.5 Å². The van der Waals surface area contributed by atoms with Gasteiger partial charge in [-0.15, -0.1) is 0 Å². The molecule has 0 fully saturated rings. The number of carbonyl (C=O) groups is 1. The van der Waals surface area contributed by atoms with Crippen molar-refractivity contribution in [2.75, 3.05) is 5.32 Å². The van der Waals surface area contributed by atoms with Crippen LogP contribution in [-0.2, 0) is 10.0 Å². The molecule has 11 heteroatoms. The largest absolute Gasteiger partial charge is 0.297 e. The summed E-state index contributed by atoms with van der Waals surface area (Å²) in [6.07, 6.45) is 1.92. The van der Waals surface area contributed by atoms with Gasteiger partial charge in [-0.25, -0.2) is 23.5 Å². The van der Waals surface area contributed by atoms with Crippen molar-refractivity contribution in [2.24, 2.45) is 5.14 Å². The molecule has 3 aromatic heterocycles. The summed E-state index contributed by atoms with van der Waals surface area (Å²) in [6, 6.07) is 14.3. The number of imidazole rings is 1. The molecule has 0 aliphatic rings. The third kappa shape index (κ3) is 3.61. The summed E-state index contributed by atoms with van der Waals surface area (Å²) in [6.45, 7) is 1.87. The van der Waals surface area contributed by atoms with E-state index in [-0.39, 0.29) is 10.8 Å². The van der Waals surface area contributed by atoms with Crippen molar-refractivity contribution in [3.8, 4) is 11.3 Å². The lowest BCUT2D eigenvalue weighted by molar-refractivity contribution is 0.102. The summed E-state index contributed by atoms with van der Waals surface area (Å²) in [5, 5.41) is 8.36. The average Bonchev–Trinajstić information content (AvgIpc) is 3.41. The zero-order valence-corrected chi connectivity index (χ0v) is 18.5. The average molecular weight is 470 g/mol. The first-order valence-electron chi connectivity index (χ1n) is 9.08. The summed E-state index contributed by atoms with van der Waals surface area (Å²) in [5.74, 6) is -0.292. The minimum absolute atomic E-state index is 0.00562. The second-order valence-corrected chi connectivity index (χ2v) is 10.4. The highest BCUT2D eigenvalue weighted by molar-refractivity contribution is 7.89. The van der Waals surface area contributed by atoms with Crippen LogP contribution < -0.4 is 10.5 Å². The van der Waals surface area contributed by atoms with Crippen LogP contribution in [0.1, 0.15) is 15.4 Å². The Balaban J connectivity index is 1.44. The van der Waals surface area contributed by atoms with Crippen LogP contribution in [0.4, 0.5) is 5.13 Å². The highest BCUT2D eigenvalue weighted by Gasteiger charge is 2.20. The Kier molecular flexibility index (Phi) is 4.63. The molecule has 1 amide bonds. The Labute approximate surface area is 185 Å². The fraction of sp³-hybridized carbons (Fsp3) is 0.0500. The lowest BCUT2D eigenvalue weighted by Crippen LogP contribution is -2.11. The molecule has 156 valence electrons. The fourth-order valence-corrected chi connectivity index (χ4v) is 5.72. The maximum atomic E-state index is 12.9. The fourth-order valence-electron chi connectivity index (χ4n) is 3.20. The molecule has 5 rings (SSSR count). The number of aromatic nitrogens is 3. The van der Waals surface area contributed by atoms with Gasteiger partial charge in [0.1, 0.15) is 4.88 Å². The van der Waals surface area contributed by atoms with Crippen LogP contribution >= 0.6 is 22.7 Å². The Morgan fingerprint density at radius 3 is 2.58 bits per heavy atom. The molecule has 31 heavy (non-hydrogen) atoms. The number of benzene rings is 2. The predicted octanol–water partition coefficient (Wildman–Crippen LogP) is 3.88. The number of anilines is 1. The third-order valence-corrected chi connectivity index (χ3v) is 7.74. The van der Waals surface area contributed by atoms with E-state index in [1.54, 1.807) is 6.07 Å². The van der Waals surface area contributed by atoms with Crippen LogP contribution in [0.5, 0.6) is 0 Å². The lowest BCUT2D eigenvalue weighted by atomic mass is 10.2. The van der Waals surface area contributed by atoms with Crippen LogP contribution in [0.2, 0.25) is 0 Å². The first-order valence-corrected chi connectivity index (χ1v) is 12.3. The summed E-state index contributed by atoms with van der Waals surface area (Å²) < 4.78 is 25.6. The summed E-state index contributed by atoms with van der Waals surface area (Å²) >= 11 is 2.48. The number of nitrogens with two attached hydrogens (primary N) is 1. The molecule has 0 atom stereocenters. The number of thiazole rings is 2. The Bertz CT molecular complexity index is 1570. The molecule has 0 unspecified atom stereocenters. The first-order chi connectivity index (χ1) is 14.8. The van der Waals surface area contributed by atoms with Gasteiger partial charge in [0.15, 0.2) is 10.1 Å². The van der Waals surface area contributed by atoms with Gasteiger partial charge in [-0.05, 0) is 25.1 Å². The Hall–Kier alpha value is -3.12. The van der Waals surface area contributed by atoms with Crippen LogP contribution in [0.15, 0.2) is 59.6 Å². The van der Waals surface area contributed by atoms with Gasteiger partial charge in [0.2, 0.25) is 10.0 Å². The minimum atomic E-state index is -3.81. The second-order valence-electron chi connectivity index (χ2n) is 6.81. The summed E-state index contributed by atoms with van der Waals surface area (Å²) in [4.78, 5) is 23.1. The van der Waals surface area contributed by atoms with Crippen molar-refractivity contribution in [3.63, 3.8) is 0 Å². The molecule has 0 aliphatic heterocycles. The number of nitrogens with one attached hydrogen (secondary N) is 1. The van der Waals surface area contributed by atoms with Gasteiger partial charge in [0.05, 0.1) is 20.8 Å². The van der Waals surface area contributed by atoms with Gasteiger partial charge in [-0.2, -0.15) is 0 Å². The highest BCUT2D eigenvalue weighted by atomic mass is 32.2. The molecule has 0 bridgehead atoms. The zero-order valence-electron chi connectivity index (χ0n) is 16.1. The van der Waals surface area contributed by atoms with E-state index in [2.05, 4.69) is 15.3 Å². The molecule has 5 aromatic rings. The van der Waals surface area contributed by atoms with Crippen molar-refractivity contribution < 1.29 is 13.2 Å². The molecule has 2 aromatic carbocycles. The number of amides is 1. The maximum Gasteiger partial charge on any atom is 0.269 e. The van der Waals surface area contributed by atoms with E-state index in [9.17, 15) is 13.2 Å². The maximum absolute atomic E-state index is 12.9. The molecule has 8 nitrogen and oxygen atoms in total. The van der Waals surface area contributed by atoms with E-state index in [0.717, 1.165) is 21.9 Å². The molecule has 3 N–H and O–H groups in total. The first kappa shape index (κ1) is 19.8. The number of fused-ring (bicyclic) bond motifs is 2. The van der Waals surface area contributed by atoms with Crippen LogP contribution in [0, 0.1) is 6.92 Å². The molecule has 0 saturated carbocycles. The van der Waals surface area contributed by atoms with Crippen LogP contribution in [0.25, 0.3) is 26.4 Å². The van der Waals surface area contributed by atoms with Gasteiger partial charge in [0.25, 0.3) is 5.91 Å². The monoisotopic (exact) mass is 469 g/mol. The van der Waals surface area contributed by atoms with Gasteiger partial charge >= 0.3 is 0 Å². The van der Waals surface area contributed by atoms with Gasteiger partial charge in [-0.1, -0.05) is 53.0 Å². The van der Waals surface area contributed by atoms with Crippen LogP contribution in [0.3, 0.4) is 0 Å². The molecule has 0 aliphatic carbocycles. The molecule has 0 radical (unpaired) electrons. The number of aryl methyl sites for hydroxylation is 1. The summed E-state index contributed by atoms with van der Waals surface area (Å²) in [7, 11) is -3.81. The van der Waals surface area contributed by atoms with Crippen molar-refractivity contribution in [1.29, 1.82) is 0 Å². The Morgan fingerprint density at radius 1 is 1.10 bits per heavy atom. The van der Waals surface area contributed by atoms with E-state index in [0.29, 0.717) is 20.2 Å². The van der Waals surface area contributed by atoms with E-state index in [1.165, 1.54) is 34.8 Å². The molecule has 0 saturated heterocycles. The standard InChI is InChI=1S/C20H15N5O3S3/c1-11-17(30-20-23-15(10-25(11)20)12-5-3-2-4-6-12)18(26)24-19-22-14-8-7-13(31(21,27)28)9-16(14)29-19/h2-10H,1H3,(H2,21,27,28)(H,22,24,26). The highest BCUT2D eigenvalue weighted by Crippen LogP contribution is 2.30. The Morgan fingerprint density at radius 2 is 1.87 bits per heavy atom. The molecule has 3 heterocycles. The summed E-state index contributed by atoms with van der Waals surface area (Å²) in [5.41, 5.74) is 3.22. The quantitative estimate of drug-likeness (QED) is 0.414. The van der Waals surface area contributed by atoms with Gasteiger partial charge in [0, 0.05) is 17.5 Å². The van der Waals surface area contributed by atoms with Crippen molar-refractivity contribution in [1.82, 2.24) is 14.4 Å². The topological polar surface area (TPSA) is 119 Å². The number of nitrogens with zero attached hydrogens (tertiary/aromatic N) is 3. The second kappa shape index (κ2) is 7.24. The zero-order chi connectivity index (χ0) is 21.8.